The number of carbonyl (C=O) groups is 4. The average molecular weight is 1820 g/mol. The minimum atomic E-state index is -4.44. The van der Waals surface area contributed by atoms with Gasteiger partial charge in [-0.3, -0.25) is 41.7 Å². The fourth-order valence-corrected chi connectivity index (χ4v) is 36.3. The molecule has 20 nitrogen and oxygen atoms in total. The molecule has 131 heavy (non-hydrogen) atoms. The van der Waals surface area contributed by atoms with Crippen molar-refractivity contribution < 1.29 is 65.9 Å². The lowest BCUT2D eigenvalue weighted by Gasteiger charge is -2.57. The lowest BCUT2D eigenvalue weighted by Crippen LogP contribution is -2.52. The van der Waals surface area contributed by atoms with Crippen LogP contribution in [0.2, 0.25) is 0 Å². The summed E-state index contributed by atoms with van der Waals surface area (Å²) in [6.07, 6.45) is 39.7. The summed E-state index contributed by atoms with van der Waals surface area (Å²) in [6.45, 7) is 25.5. The van der Waals surface area contributed by atoms with Gasteiger partial charge in [-0.1, -0.05) is 27.7 Å². The number of aliphatic hydroxyl groups is 4. The van der Waals surface area contributed by atoms with Crippen molar-refractivity contribution in [3.63, 3.8) is 0 Å². The van der Waals surface area contributed by atoms with Crippen molar-refractivity contribution in [1.29, 1.82) is 0 Å². The number of aromatic nitrogens is 11. The fourth-order valence-electron chi connectivity index (χ4n) is 36.3. The third kappa shape index (κ3) is 17.9. The summed E-state index contributed by atoms with van der Waals surface area (Å²) in [7, 11) is 0. The Bertz CT molecular complexity index is 4830. The van der Waals surface area contributed by atoms with Crippen LogP contribution >= 0.6 is 0 Å². The van der Waals surface area contributed by atoms with Gasteiger partial charge >= 0.3 is 6.18 Å². The van der Waals surface area contributed by atoms with E-state index in [9.17, 15) is 65.9 Å². The van der Waals surface area contributed by atoms with Gasteiger partial charge in [0.1, 0.15) is 13.1 Å². The van der Waals surface area contributed by atoms with E-state index in [-0.39, 0.29) is 138 Å². The summed E-state index contributed by atoms with van der Waals surface area (Å²) >= 11 is 0. The van der Waals surface area contributed by atoms with Crippen molar-refractivity contribution in [3.8, 4) is 0 Å². The summed E-state index contributed by atoms with van der Waals surface area (Å²) in [5.74, 6) is 14.0. The van der Waals surface area contributed by atoms with Crippen LogP contribution in [-0.4, -0.2) is 141 Å². The molecule has 0 amide bonds. The molecule has 0 saturated heterocycles. The number of Topliss-reactive ketones (excluding diaryl/α,β-unsaturated/α-hetero) is 4. The summed E-state index contributed by atoms with van der Waals surface area (Å²) in [5, 5.41) is 71.5. The van der Waals surface area contributed by atoms with E-state index in [0.29, 0.717) is 155 Å². The second-order valence-electron chi connectivity index (χ2n) is 49.7. The van der Waals surface area contributed by atoms with Gasteiger partial charge in [-0.2, -0.15) is 43.2 Å². The van der Waals surface area contributed by atoms with Crippen molar-refractivity contribution in [2.24, 2.45) is 193 Å². The summed E-state index contributed by atoms with van der Waals surface area (Å²) < 4.78 is 85.0. The topological polar surface area (TPSA) is 264 Å². The Morgan fingerprint density at radius 3 is 1.10 bits per heavy atom. The first-order valence-electron chi connectivity index (χ1n) is 52.0. The Morgan fingerprint density at radius 2 is 0.748 bits per heavy atom. The Kier molecular flexibility index (Phi) is 25.6. The van der Waals surface area contributed by atoms with Crippen molar-refractivity contribution in [2.45, 2.75) is 354 Å². The van der Waals surface area contributed by atoms with E-state index in [1.165, 1.54) is 54.2 Å². The molecule has 36 atom stereocenters. The minimum absolute atomic E-state index is 0.00704. The first kappa shape index (κ1) is 94.2. The largest absolute Gasteiger partial charge is 0.419 e. The predicted molar refractivity (Wildman–Crippen MR) is 481 cm³/mol. The van der Waals surface area contributed by atoms with Crippen molar-refractivity contribution in [1.82, 2.24) is 54.8 Å². The van der Waals surface area contributed by atoms with E-state index in [1.54, 1.807) is 22.6 Å². The van der Waals surface area contributed by atoms with Crippen LogP contribution < -0.4 is 0 Å². The zero-order chi connectivity index (χ0) is 92.3. The van der Waals surface area contributed by atoms with E-state index < -0.39 is 34.1 Å². The molecule has 0 spiro atoms. The quantitative estimate of drug-likeness (QED) is 0.0566. The highest BCUT2D eigenvalue weighted by atomic mass is 19.4. The van der Waals surface area contributed by atoms with E-state index >= 15 is 0 Å². The second-order valence-corrected chi connectivity index (χ2v) is 49.7. The molecule has 0 aliphatic heterocycles. The number of halogens is 6. The van der Waals surface area contributed by atoms with Crippen LogP contribution in [0.25, 0.3) is 4.85 Å². The molecular weight excluding hydrogens is 1670 g/mol. The zero-order valence-electron chi connectivity index (χ0n) is 79.7. The number of tetrazole rings is 1. The number of ketones is 4. The maximum atomic E-state index is 14.4. The van der Waals surface area contributed by atoms with E-state index in [0.717, 1.165) is 197 Å². The Labute approximate surface area is 772 Å². The van der Waals surface area contributed by atoms with Crippen molar-refractivity contribution in [3.05, 3.63) is 59.5 Å². The number of aryl methyl sites for hydroxylation is 1. The fraction of sp³-hybridized carbons (Fsp3) is 0.867. The van der Waals surface area contributed by atoms with Crippen LogP contribution in [0, 0.1) is 207 Å². The van der Waals surface area contributed by atoms with E-state index in [4.69, 9.17) is 6.57 Å². The van der Waals surface area contributed by atoms with Gasteiger partial charge in [0.05, 0.1) is 91.9 Å². The van der Waals surface area contributed by atoms with Gasteiger partial charge in [0.2, 0.25) is 5.69 Å². The number of hydrogen-bond donors (Lipinski definition) is 4. The molecule has 0 unspecified atom stereocenters. The van der Waals surface area contributed by atoms with Gasteiger partial charge < -0.3 is 20.4 Å². The maximum absolute atomic E-state index is 14.4. The lowest BCUT2D eigenvalue weighted by atomic mass is 9.48. The first-order valence-corrected chi connectivity index (χ1v) is 52.0. The van der Waals surface area contributed by atoms with Gasteiger partial charge in [0, 0.05) is 42.0 Å². The number of carbonyl (C=O) groups excluding carboxylic acids is 4. The second kappa shape index (κ2) is 35.6. The maximum Gasteiger partial charge on any atom is 0.419 e. The third-order valence-corrected chi connectivity index (χ3v) is 41.8. The SMILES string of the molecule is C[C@@]1(O)CC[C@H]2[C@H](CC[C@@H]3[C@@H]2CC[C@@]2(C)[C@H]3[C@H](C3CC3)C[C@@H]2C(=O)Cn2cc(C(F)(F)F)cn2)C1.C[C@@]1(O)CC[C@H]2[C@H](CC[C@@H]3[C@@H]2CC[C@@]2(C)[C@H]3[C@H](CF)C[C@@H]2C(=O)Cn2ncc(C3CC3)n2)C1.Cc1nnn(CC(=O)[C@H]2C[C@@H](CF)[C@H]3[C@@H]4CC[C@@H]5C[C@](C)(O)CC[C@@H]5[C@H]4CC[C@@]32C)n1.[C-]#[N+]c1cnn(CC(=O)[C@H]2C[C@@H](CF)[C@H]3[C@@H]4CC[C@@H]5C[C@](C)(O)CC[C@@H]5[C@H]4CC[C@@]32C)c1. The lowest BCUT2D eigenvalue weighted by molar-refractivity contribution is -0.138. The molecule has 4 heterocycles. The third-order valence-electron chi connectivity index (χ3n) is 41.8. The highest BCUT2D eigenvalue weighted by Crippen LogP contribution is 2.73. The molecule has 18 aliphatic carbocycles. The Hall–Kier alpha value is -5.78. The molecule has 26 heteroatoms. The van der Waals surface area contributed by atoms with Crippen molar-refractivity contribution >= 4 is 28.8 Å². The smallest absolute Gasteiger partial charge is 0.390 e. The predicted octanol–water partition coefficient (Wildman–Crippen LogP) is 20.1. The highest BCUT2D eigenvalue weighted by Gasteiger charge is 2.68. The Morgan fingerprint density at radius 1 is 0.397 bits per heavy atom. The van der Waals surface area contributed by atoms with E-state index in [1.807, 2.05) is 33.9 Å². The molecular formula is C105H152F6N12O8. The molecule has 18 fully saturated rings. The van der Waals surface area contributed by atoms with Crippen molar-refractivity contribution in [2.75, 3.05) is 20.0 Å². The average Bonchev–Trinajstić information content (AvgIpc) is 1.58. The van der Waals surface area contributed by atoms with Crippen LogP contribution in [0.5, 0.6) is 0 Å². The summed E-state index contributed by atoms with van der Waals surface area (Å²) in [4.78, 5) is 60.2. The molecule has 0 radical (unpaired) electrons. The monoisotopic (exact) mass is 1820 g/mol. The Balaban J connectivity index is 0.000000113. The van der Waals surface area contributed by atoms with Gasteiger partial charge in [-0.25, -0.2) is 4.85 Å². The van der Waals surface area contributed by atoms with E-state index in [2.05, 4.69) is 68.3 Å². The van der Waals surface area contributed by atoms with Crippen LogP contribution in [0.3, 0.4) is 0 Å². The molecule has 22 rings (SSSR count). The molecule has 4 aromatic heterocycles. The number of nitrogens with zero attached hydrogens (tertiary/aromatic N) is 12. The summed E-state index contributed by atoms with van der Waals surface area (Å²) in [5.41, 5.74) is -1.83. The molecule has 4 N–H and O–H groups in total. The standard InChI is InChI=1S/C28H39F3N2O2.C27H40FN3O2.C26H36FN3O2.C24H37FN4O2/c1-26(35)9-7-19-17(12-26)5-6-21-20(19)8-10-27(2)23(11-22(25(21)27)16-3-4-16)24(34)15-33-14-18(13-32-33)28(29,30)31;1-26(33)9-7-19-17(12-26)5-6-21-20(19)8-10-27(2)22(11-18(13-28)25(21)27)24(32)15-31-29-14-23(30-31)16-3-4-16;1-25(32)8-6-19-16(11-25)4-5-21-20(19)7-9-26(2)22(10-17(12-27)24(21)26)23(31)15-30-14-18(28-3)13-29-30;1-14-26-28-29(27-14)13-21(30)20-10-16(12-25)22-19-5-4-15-11-23(2,31)8-6-17(15)18(19)7-9-24(20,22)3/h13-14,16-17,19-23,25,35H,3-12,15H2,1-2H3;14,16-22,25,33H,3-13,15H2,1-2H3;13-14,16-17,19-22,24,32H,4-12,15H2,1-2H3;15-20,22,31H,4-13H2,1-3H3/t17-,19+,20-,21-,22+,23-,25-,26-,27-;17-,18+,19+,20-,21-,22-,25+,26-,27-;16-,17+,19+,20-,21-,22-,24+,25-,26-;15-,16+,17+,18-,19-,20-,22+,23-,24-/m1111/s1. The molecule has 722 valence electrons. The molecule has 0 aromatic carbocycles. The molecule has 0 bridgehead atoms. The minimum Gasteiger partial charge on any atom is -0.390 e. The number of rotatable bonds is 17. The zero-order valence-corrected chi connectivity index (χ0v) is 79.7. The van der Waals surface area contributed by atoms with Gasteiger partial charge in [-0.05, 0) is 441 Å². The van der Waals surface area contributed by atoms with Crippen LogP contribution in [-0.2, 0) is 51.5 Å². The number of hydrogen-bond acceptors (Lipinski definition) is 15. The van der Waals surface area contributed by atoms with Crippen LogP contribution in [0.15, 0.2) is 31.0 Å². The first-order chi connectivity index (χ1) is 62.2. The number of fused-ring (bicyclic) bond motifs is 20. The molecule has 4 aromatic rings. The van der Waals surface area contributed by atoms with Gasteiger partial charge in [0.15, 0.2) is 29.0 Å². The van der Waals surface area contributed by atoms with Crippen LogP contribution in [0.4, 0.5) is 32.0 Å². The normalized spacial score (nSPS) is 46.2. The molecule has 18 aliphatic rings. The van der Waals surface area contributed by atoms with Crippen LogP contribution in [0.1, 0.15) is 310 Å². The highest BCUT2D eigenvalue weighted by molar-refractivity contribution is 5.84. The van der Waals surface area contributed by atoms with Gasteiger partial charge in [0.25, 0.3) is 0 Å². The summed E-state index contributed by atoms with van der Waals surface area (Å²) in [6, 6.07) is 0. The van der Waals surface area contributed by atoms with Gasteiger partial charge in [-0.15, -0.1) is 10.2 Å². The number of alkyl halides is 6. The molecule has 18 saturated carbocycles.